The minimum Gasteiger partial charge on any atom is -0.479 e. The van der Waals surface area contributed by atoms with Gasteiger partial charge in [0.15, 0.2) is 5.65 Å². The van der Waals surface area contributed by atoms with Gasteiger partial charge < -0.3 is 10.1 Å². The highest BCUT2D eigenvalue weighted by Crippen LogP contribution is 2.52. The van der Waals surface area contributed by atoms with Gasteiger partial charge in [-0.2, -0.15) is 0 Å². The lowest BCUT2D eigenvalue weighted by molar-refractivity contribution is -0.124. The number of carbonyl (C=O) groups excluding carboxylic acids is 1. The fourth-order valence-corrected chi connectivity index (χ4v) is 10.7. The fourth-order valence-electron chi connectivity index (χ4n) is 9.15. The molecule has 4 aliphatic heterocycles. The average Bonchev–Trinajstić information content (AvgIpc) is 4.11. The summed E-state index contributed by atoms with van der Waals surface area (Å²) in [4.78, 5) is 33.0. The molecular formula is C42H43N7O5S. The molecular weight excluding hydrogens is 715 g/mol. The third-order valence-electron chi connectivity index (χ3n) is 12.4. The molecule has 1 N–H and O–H groups in total. The Morgan fingerprint density at radius 1 is 1.02 bits per heavy atom. The van der Waals surface area contributed by atoms with E-state index in [9.17, 15) is 9.59 Å². The van der Waals surface area contributed by atoms with Gasteiger partial charge in [0.05, 0.1) is 45.9 Å². The summed E-state index contributed by atoms with van der Waals surface area (Å²) in [5.74, 6) is 0.251. The molecule has 6 aromatic rings. The van der Waals surface area contributed by atoms with E-state index in [0.29, 0.717) is 54.2 Å². The minimum absolute atomic E-state index is 0.00923. The van der Waals surface area contributed by atoms with Crippen LogP contribution < -0.4 is 15.7 Å². The molecule has 7 aliphatic rings. The lowest BCUT2D eigenvalue weighted by Gasteiger charge is -2.41. The van der Waals surface area contributed by atoms with Crippen molar-refractivity contribution in [3.8, 4) is 28.3 Å². The van der Waals surface area contributed by atoms with Crippen LogP contribution in [0.5, 0.6) is 5.88 Å². The third-order valence-corrected chi connectivity index (χ3v) is 14.1. The van der Waals surface area contributed by atoms with Gasteiger partial charge in [0.2, 0.25) is 11.8 Å². The van der Waals surface area contributed by atoms with Crippen molar-refractivity contribution in [3.05, 3.63) is 95.2 Å². The molecule has 0 saturated heterocycles. The number of imidazole rings is 1. The largest absolute Gasteiger partial charge is 0.479 e. The molecule has 4 bridgehead atoms. The van der Waals surface area contributed by atoms with E-state index in [2.05, 4.69) is 34.7 Å². The molecule has 13 heteroatoms. The van der Waals surface area contributed by atoms with E-state index >= 15 is 8.42 Å². The number of nitrogens with one attached hydrogen (secondary N) is 1. The summed E-state index contributed by atoms with van der Waals surface area (Å²) in [6.45, 7) is -2.88. The minimum atomic E-state index is -4.42. The van der Waals surface area contributed by atoms with Crippen LogP contribution >= 0.6 is 0 Å². The maximum Gasteiger partial charge on any atom is 0.329 e. The number of carbonyl (C=O) groups is 1. The van der Waals surface area contributed by atoms with Crippen molar-refractivity contribution in [1.82, 2.24) is 33.2 Å². The highest BCUT2D eigenvalue weighted by atomic mass is 32.2. The van der Waals surface area contributed by atoms with Crippen molar-refractivity contribution in [3.63, 3.8) is 0 Å². The summed E-state index contributed by atoms with van der Waals surface area (Å²) in [6, 6.07) is 15.6. The van der Waals surface area contributed by atoms with Crippen molar-refractivity contribution in [1.29, 1.82) is 0 Å². The molecule has 12 nitrogen and oxygen atoms in total. The first kappa shape index (κ1) is 30.8. The van der Waals surface area contributed by atoms with Crippen LogP contribution in [-0.4, -0.2) is 54.8 Å². The molecule has 8 heterocycles. The number of hydrogen-bond acceptors (Lipinski definition) is 7. The number of benzene rings is 2. The maximum absolute atomic E-state index is 15.1. The summed E-state index contributed by atoms with van der Waals surface area (Å²) in [7, 11) is -1.24. The van der Waals surface area contributed by atoms with E-state index in [1.54, 1.807) is 40.7 Å². The predicted molar refractivity (Wildman–Crippen MR) is 209 cm³/mol. The van der Waals surface area contributed by atoms with Crippen LogP contribution in [-0.2, 0) is 34.3 Å². The van der Waals surface area contributed by atoms with Crippen LogP contribution in [0.1, 0.15) is 73.5 Å². The molecule has 13 rings (SSSR count). The number of pyridine rings is 1. The lowest BCUT2D eigenvalue weighted by atomic mass is 9.76. The van der Waals surface area contributed by atoms with E-state index in [4.69, 9.17) is 13.8 Å². The zero-order valence-electron chi connectivity index (χ0n) is 33.7. The lowest BCUT2D eigenvalue weighted by Crippen LogP contribution is -2.51. The van der Waals surface area contributed by atoms with Crippen LogP contribution in [0.25, 0.3) is 44.5 Å². The molecule has 3 saturated carbocycles. The second kappa shape index (κ2) is 12.0. The van der Waals surface area contributed by atoms with Crippen molar-refractivity contribution in [2.45, 2.75) is 79.7 Å². The van der Waals surface area contributed by atoms with Crippen LogP contribution in [0.3, 0.4) is 0 Å². The molecule has 4 aromatic heterocycles. The second-order valence-electron chi connectivity index (χ2n) is 15.8. The molecule has 3 aliphatic carbocycles. The van der Waals surface area contributed by atoms with E-state index < -0.39 is 34.3 Å². The van der Waals surface area contributed by atoms with Gasteiger partial charge in [-0.15, -0.1) is 5.10 Å². The Morgan fingerprint density at radius 3 is 2.44 bits per heavy atom. The molecule has 0 atom stereocenters. The Balaban J connectivity index is 1.35. The van der Waals surface area contributed by atoms with Gasteiger partial charge in [0.25, 0.3) is 10.0 Å². The molecule has 1 spiro atoms. The molecule has 282 valence electrons. The highest BCUT2D eigenvalue weighted by molar-refractivity contribution is 7.90. The van der Waals surface area contributed by atoms with E-state index in [-0.39, 0.29) is 50.4 Å². The fraction of sp³-hybridized carbons (Fsp3) is 0.381. The van der Waals surface area contributed by atoms with Crippen LogP contribution in [0.2, 0.25) is 0 Å². The molecule has 0 radical (unpaired) electrons. The molecule has 2 aromatic carbocycles. The smallest absolute Gasteiger partial charge is 0.329 e. The van der Waals surface area contributed by atoms with Crippen molar-refractivity contribution < 1.29 is 22.1 Å². The van der Waals surface area contributed by atoms with Crippen LogP contribution in [0.4, 0.5) is 0 Å². The summed E-state index contributed by atoms with van der Waals surface area (Å²) in [5.41, 5.74) is 1.70. The Morgan fingerprint density at radius 2 is 1.76 bits per heavy atom. The van der Waals surface area contributed by atoms with E-state index in [1.807, 2.05) is 12.1 Å². The summed E-state index contributed by atoms with van der Waals surface area (Å²) < 4.78 is 66.9. The number of allylic oxidation sites excluding steroid dienone is 1. The van der Waals surface area contributed by atoms with Crippen molar-refractivity contribution in [2.24, 2.45) is 19.9 Å². The first-order valence-corrected chi connectivity index (χ1v) is 20.4. The Labute approximate surface area is 322 Å². The zero-order valence-corrected chi connectivity index (χ0v) is 31.5. The summed E-state index contributed by atoms with van der Waals surface area (Å²) in [6.07, 6.45) is 13.9. The molecule has 3 fully saturated rings. The van der Waals surface area contributed by atoms with Gasteiger partial charge in [-0.05, 0) is 81.0 Å². The van der Waals surface area contributed by atoms with Gasteiger partial charge in [-0.3, -0.25) is 18.6 Å². The van der Waals surface area contributed by atoms with Gasteiger partial charge in [-0.1, -0.05) is 54.6 Å². The molecule has 55 heavy (non-hydrogen) atoms. The normalized spacial score (nSPS) is 23.2. The van der Waals surface area contributed by atoms with Gasteiger partial charge in [-0.25, -0.2) is 22.2 Å². The number of aromatic nitrogens is 6. The van der Waals surface area contributed by atoms with Crippen LogP contribution in [0.15, 0.2) is 88.8 Å². The predicted octanol–water partition coefficient (Wildman–Crippen LogP) is 6.37. The number of aryl methyl sites for hydroxylation is 2. The van der Waals surface area contributed by atoms with E-state index in [1.165, 1.54) is 29.4 Å². The monoisotopic (exact) mass is 760 g/mol. The first-order valence-electron chi connectivity index (χ1n) is 20.5. The van der Waals surface area contributed by atoms with Crippen LogP contribution in [0, 0.1) is 5.92 Å². The standard InChI is InChI=1S/C42H43N7O5S/c1-46-25-31(39(45-46)54-3)35-33-26-12-14-28(15-13-26)41(22-23-41)18-7-19-42(44-38(50)27-10-11-27)20-16-29(17-21-42)48-36-32(47(2)40(48)51)24-43-37(34(33)36)49(35)55(52,53)30-8-5-4-6-9-30/h4-9,12-15,18,24-25,27,29H,10-11,16-17,19-23H2,1-3H3,(H,44,50)/b18-7+/i2D3. The molecule has 0 unspecified atom stereocenters. The van der Waals surface area contributed by atoms with Gasteiger partial charge in [0, 0.05) is 52.8 Å². The number of nitrogens with zero attached hydrogens (tertiary/aromatic N) is 6. The maximum atomic E-state index is 15.1. The van der Waals surface area contributed by atoms with Crippen molar-refractivity contribution in [2.75, 3.05) is 7.11 Å². The number of ether oxygens (including phenoxy) is 1. The number of amides is 1. The van der Waals surface area contributed by atoms with E-state index in [0.717, 1.165) is 35.8 Å². The van der Waals surface area contributed by atoms with Gasteiger partial charge >= 0.3 is 5.69 Å². The first-order chi connectivity index (χ1) is 27.8. The third kappa shape index (κ3) is 5.18. The van der Waals surface area contributed by atoms with Gasteiger partial charge in [0.1, 0.15) is 0 Å². The second-order valence-corrected chi connectivity index (χ2v) is 17.6. The van der Waals surface area contributed by atoms with Crippen molar-refractivity contribution >= 4 is 38.0 Å². The topological polar surface area (TPSA) is 135 Å². The highest BCUT2D eigenvalue weighted by Gasteiger charge is 2.44. The Kier molecular flexibility index (Phi) is 6.75. The average molecular weight is 761 g/mol. The Bertz CT molecular complexity index is 2860. The summed E-state index contributed by atoms with van der Waals surface area (Å²) >= 11 is 0. The number of rotatable bonds is 6. The number of hydrogen-bond donors (Lipinski definition) is 1. The Hall–Kier alpha value is -5.43. The quantitative estimate of drug-likeness (QED) is 0.195. The number of methoxy groups -OCH3 is 1. The SMILES string of the molecule is [2H]C([2H])([2H])n1c(=O)n2c3c4c(c(-c5cn(C)nc5OC)n(S(=O)(=O)c5ccccc5)c4ncc31)-c1ccc(cc1)C1(/C=C/CC3(NC(=O)C4CC4)CCC2CC3)CC1. The summed E-state index contributed by atoms with van der Waals surface area (Å²) in [5, 5.41) is 8.28. The zero-order chi connectivity index (χ0) is 40.4. The molecule has 1 amide bonds.